The molecule has 2 aliphatic heterocycles. The molecule has 5 nitrogen and oxygen atoms in total. The number of carbonyl (C=O) groups excluding carboxylic acids is 2. The van der Waals surface area contributed by atoms with Crippen molar-refractivity contribution in [3.8, 4) is 0 Å². The Morgan fingerprint density at radius 3 is 2.59 bits per heavy atom. The molecule has 2 heterocycles. The van der Waals surface area contributed by atoms with E-state index in [1.54, 1.807) is 0 Å². The van der Waals surface area contributed by atoms with E-state index >= 15 is 0 Å². The SMILES string of the molecule is CCN1c2cc(C(=O)NC3CCCCC3)ccc2C(=O)N2CCCCC[C@H]21. The Bertz CT molecular complexity index is 712. The minimum Gasteiger partial charge on any atom is -0.351 e. The quantitative estimate of drug-likeness (QED) is 0.878. The smallest absolute Gasteiger partial charge is 0.257 e. The minimum atomic E-state index is -0.00324. The number of nitrogens with zero attached hydrogens (tertiary/aromatic N) is 2. The van der Waals surface area contributed by atoms with Gasteiger partial charge in [-0.15, -0.1) is 0 Å². The van der Waals surface area contributed by atoms with Gasteiger partial charge in [-0.05, 0) is 57.2 Å². The molecule has 1 aromatic carbocycles. The van der Waals surface area contributed by atoms with E-state index in [1.165, 1.54) is 25.7 Å². The van der Waals surface area contributed by atoms with E-state index in [0.29, 0.717) is 11.6 Å². The van der Waals surface area contributed by atoms with Crippen LogP contribution in [0.25, 0.3) is 0 Å². The van der Waals surface area contributed by atoms with Crippen LogP contribution in [-0.2, 0) is 0 Å². The number of carbonyl (C=O) groups is 2. The van der Waals surface area contributed by atoms with Crippen LogP contribution in [0.5, 0.6) is 0 Å². The third-order valence-electron chi connectivity index (χ3n) is 6.42. The highest BCUT2D eigenvalue weighted by atomic mass is 16.2. The van der Waals surface area contributed by atoms with Crippen LogP contribution < -0.4 is 10.2 Å². The summed E-state index contributed by atoms with van der Waals surface area (Å²) in [6.45, 7) is 3.82. The maximum Gasteiger partial charge on any atom is 0.257 e. The fraction of sp³-hybridized carbons (Fsp3) is 0.636. The molecular weight excluding hydrogens is 338 g/mol. The van der Waals surface area contributed by atoms with Gasteiger partial charge in [-0.25, -0.2) is 0 Å². The number of hydrogen-bond acceptors (Lipinski definition) is 3. The van der Waals surface area contributed by atoms with Gasteiger partial charge in [-0.2, -0.15) is 0 Å². The number of nitrogens with one attached hydrogen (secondary N) is 1. The molecule has 1 aliphatic carbocycles. The molecule has 1 saturated carbocycles. The van der Waals surface area contributed by atoms with Crippen LogP contribution in [0.2, 0.25) is 0 Å². The van der Waals surface area contributed by atoms with Crippen molar-refractivity contribution in [1.82, 2.24) is 10.2 Å². The lowest BCUT2D eigenvalue weighted by Gasteiger charge is -2.44. The molecule has 1 atom stereocenters. The normalized spacial score (nSPS) is 23.4. The summed E-state index contributed by atoms with van der Waals surface area (Å²) in [7, 11) is 0. The van der Waals surface area contributed by atoms with Crippen LogP contribution in [0.15, 0.2) is 18.2 Å². The van der Waals surface area contributed by atoms with Crippen molar-refractivity contribution in [3.63, 3.8) is 0 Å². The monoisotopic (exact) mass is 369 g/mol. The van der Waals surface area contributed by atoms with E-state index in [1.807, 2.05) is 23.1 Å². The van der Waals surface area contributed by atoms with E-state index in [0.717, 1.165) is 56.4 Å². The van der Waals surface area contributed by atoms with E-state index < -0.39 is 0 Å². The zero-order valence-corrected chi connectivity index (χ0v) is 16.4. The number of benzene rings is 1. The van der Waals surface area contributed by atoms with Crippen LogP contribution in [0.3, 0.4) is 0 Å². The second-order valence-electron chi connectivity index (χ2n) is 8.15. The minimum absolute atomic E-state index is 0.00324. The number of rotatable bonds is 3. The standard InChI is InChI=1S/C22H31N3O2/c1-2-24-19-15-16(21(26)23-17-9-5-3-6-10-17)12-13-18(19)22(27)25-14-8-4-7-11-20(24)25/h12-13,15,17,20H,2-11,14H2,1H3,(H,23,26)/t20-/m0/s1. The topological polar surface area (TPSA) is 52.7 Å². The van der Waals surface area contributed by atoms with Crippen molar-refractivity contribution in [2.24, 2.45) is 0 Å². The molecule has 3 aliphatic rings. The second kappa shape index (κ2) is 7.91. The fourth-order valence-corrected chi connectivity index (χ4v) is 4.96. The molecule has 1 saturated heterocycles. The molecule has 0 unspecified atom stereocenters. The Hall–Kier alpha value is -2.04. The van der Waals surface area contributed by atoms with E-state index in [4.69, 9.17) is 0 Å². The highest BCUT2D eigenvalue weighted by Gasteiger charge is 2.37. The molecule has 5 heteroatoms. The van der Waals surface area contributed by atoms with Crippen LogP contribution >= 0.6 is 0 Å². The number of fused-ring (bicyclic) bond motifs is 2. The van der Waals surface area contributed by atoms with Crippen LogP contribution in [-0.4, -0.2) is 42.0 Å². The predicted molar refractivity (Wildman–Crippen MR) is 107 cm³/mol. The molecule has 0 radical (unpaired) electrons. The van der Waals surface area contributed by atoms with Gasteiger partial charge in [0, 0.05) is 24.7 Å². The molecule has 0 bridgehead atoms. The van der Waals surface area contributed by atoms with Crippen LogP contribution in [0.4, 0.5) is 5.69 Å². The molecule has 146 valence electrons. The Balaban J connectivity index is 1.61. The summed E-state index contributed by atoms with van der Waals surface area (Å²) in [6, 6.07) is 5.92. The Morgan fingerprint density at radius 1 is 1.07 bits per heavy atom. The van der Waals surface area contributed by atoms with E-state index in [-0.39, 0.29) is 18.0 Å². The number of hydrogen-bond donors (Lipinski definition) is 1. The molecule has 4 rings (SSSR count). The Morgan fingerprint density at radius 2 is 1.81 bits per heavy atom. The molecular formula is C22H31N3O2. The van der Waals surface area contributed by atoms with Gasteiger partial charge in [-0.3, -0.25) is 9.59 Å². The van der Waals surface area contributed by atoms with Gasteiger partial charge >= 0.3 is 0 Å². The average Bonchev–Trinajstić information content (AvgIpc) is 2.95. The van der Waals surface area contributed by atoms with Crippen molar-refractivity contribution in [1.29, 1.82) is 0 Å². The number of anilines is 1. The van der Waals surface area contributed by atoms with E-state index in [9.17, 15) is 9.59 Å². The van der Waals surface area contributed by atoms with Crippen molar-refractivity contribution in [2.45, 2.75) is 76.9 Å². The molecule has 0 aromatic heterocycles. The number of amides is 2. The summed E-state index contributed by atoms with van der Waals surface area (Å²) in [6.07, 6.45) is 10.4. The first-order chi connectivity index (χ1) is 13.2. The third kappa shape index (κ3) is 3.56. The first-order valence-electron chi connectivity index (χ1n) is 10.7. The lowest BCUT2D eigenvalue weighted by atomic mass is 9.95. The van der Waals surface area contributed by atoms with Crippen LogP contribution in [0, 0.1) is 0 Å². The Labute approximate surface area is 162 Å². The fourth-order valence-electron chi connectivity index (χ4n) is 4.96. The summed E-state index contributed by atoms with van der Waals surface area (Å²) in [4.78, 5) is 30.2. The van der Waals surface area contributed by atoms with Gasteiger partial charge in [0.25, 0.3) is 11.8 Å². The first kappa shape index (κ1) is 18.3. The van der Waals surface area contributed by atoms with Crippen molar-refractivity contribution < 1.29 is 9.59 Å². The second-order valence-corrected chi connectivity index (χ2v) is 8.15. The van der Waals surface area contributed by atoms with Crippen LogP contribution in [0.1, 0.15) is 85.4 Å². The summed E-state index contributed by atoms with van der Waals surface area (Å²) in [5, 5.41) is 3.20. The van der Waals surface area contributed by atoms with Gasteiger partial charge < -0.3 is 15.1 Å². The lowest BCUT2D eigenvalue weighted by molar-refractivity contribution is 0.0656. The molecule has 1 N–H and O–H groups in total. The summed E-state index contributed by atoms with van der Waals surface area (Å²) < 4.78 is 0. The van der Waals surface area contributed by atoms with E-state index in [2.05, 4.69) is 17.1 Å². The molecule has 27 heavy (non-hydrogen) atoms. The summed E-state index contributed by atoms with van der Waals surface area (Å²) >= 11 is 0. The maximum absolute atomic E-state index is 13.1. The predicted octanol–water partition coefficient (Wildman–Crippen LogP) is 3.93. The van der Waals surface area contributed by atoms with Crippen molar-refractivity contribution >= 4 is 17.5 Å². The summed E-state index contributed by atoms with van der Waals surface area (Å²) in [5.74, 6) is 0.123. The zero-order valence-electron chi connectivity index (χ0n) is 16.4. The third-order valence-corrected chi connectivity index (χ3v) is 6.42. The van der Waals surface area contributed by atoms with Gasteiger partial charge in [0.15, 0.2) is 0 Å². The Kier molecular flexibility index (Phi) is 5.37. The highest BCUT2D eigenvalue weighted by molar-refractivity contribution is 6.04. The maximum atomic E-state index is 13.1. The highest BCUT2D eigenvalue weighted by Crippen LogP contribution is 2.35. The molecule has 0 spiro atoms. The lowest BCUT2D eigenvalue weighted by Crippen LogP contribution is -2.55. The van der Waals surface area contributed by atoms with Gasteiger partial charge in [0.2, 0.25) is 0 Å². The average molecular weight is 370 g/mol. The molecule has 2 amide bonds. The largest absolute Gasteiger partial charge is 0.351 e. The molecule has 1 aromatic rings. The zero-order chi connectivity index (χ0) is 18.8. The van der Waals surface area contributed by atoms with Crippen molar-refractivity contribution in [2.75, 3.05) is 18.0 Å². The van der Waals surface area contributed by atoms with Gasteiger partial charge in [0.05, 0.1) is 11.3 Å². The van der Waals surface area contributed by atoms with Crippen molar-refractivity contribution in [3.05, 3.63) is 29.3 Å². The first-order valence-corrected chi connectivity index (χ1v) is 10.7. The van der Waals surface area contributed by atoms with Gasteiger partial charge in [0.1, 0.15) is 6.17 Å². The summed E-state index contributed by atoms with van der Waals surface area (Å²) in [5.41, 5.74) is 2.35. The van der Waals surface area contributed by atoms with Gasteiger partial charge in [-0.1, -0.05) is 25.7 Å². The molecule has 2 fully saturated rings.